The van der Waals surface area contributed by atoms with Crippen molar-refractivity contribution in [2.75, 3.05) is 12.5 Å². The van der Waals surface area contributed by atoms with Crippen LogP contribution in [0.1, 0.15) is 26.7 Å². The molecular formula is C8H16ClNO2. The van der Waals surface area contributed by atoms with Gasteiger partial charge >= 0.3 is 0 Å². The maximum absolute atomic E-state index is 10.9. The van der Waals surface area contributed by atoms with Crippen LogP contribution in [0.25, 0.3) is 0 Å². The Bertz CT molecular complexity index is 138. The molecule has 0 bridgehead atoms. The summed E-state index contributed by atoms with van der Waals surface area (Å²) in [7, 11) is 0. The standard InChI is InChI=1S/C8H16ClNO2/c1-3-8(4-2,6-11)10-7(12)5-9/h11H,3-6H2,1-2H3,(H,10,12). The molecule has 3 nitrogen and oxygen atoms in total. The SMILES string of the molecule is CCC(CC)(CO)NC(=O)CCl. The Hall–Kier alpha value is -0.280. The van der Waals surface area contributed by atoms with Crippen LogP contribution < -0.4 is 5.32 Å². The van der Waals surface area contributed by atoms with Gasteiger partial charge in [-0.25, -0.2) is 0 Å². The van der Waals surface area contributed by atoms with Gasteiger partial charge in [-0.2, -0.15) is 0 Å². The lowest BCUT2D eigenvalue weighted by molar-refractivity contribution is -0.121. The first-order chi connectivity index (χ1) is 5.64. The van der Waals surface area contributed by atoms with Crippen molar-refractivity contribution in [1.82, 2.24) is 5.32 Å². The van der Waals surface area contributed by atoms with Crippen LogP contribution in [0, 0.1) is 0 Å². The molecule has 12 heavy (non-hydrogen) atoms. The van der Waals surface area contributed by atoms with Gasteiger partial charge in [0.25, 0.3) is 0 Å². The predicted octanol–water partition coefficient (Wildman–Crippen LogP) is 0.892. The van der Waals surface area contributed by atoms with Crippen molar-refractivity contribution in [3.05, 3.63) is 0 Å². The molecule has 0 saturated carbocycles. The van der Waals surface area contributed by atoms with Crippen molar-refractivity contribution >= 4 is 17.5 Å². The average molecular weight is 194 g/mol. The summed E-state index contributed by atoms with van der Waals surface area (Å²) in [5.74, 6) is -0.281. The molecule has 0 heterocycles. The fourth-order valence-corrected chi connectivity index (χ4v) is 1.09. The van der Waals surface area contributed by atoms with Gasteiger partial charge in [0.1, 0.15) is 5.88 Å². The van der Waals surface area contributed by atoms with E-state index in [2.05, 4.69) is 5.32 Å². The number of rotatable bonds is 5. The molecule has 1 amide bonds. The van der Waals surface area contributed by atoms with Crippen LogP contribution in [0.15, 0.2) is 0 Å². The molecular weight excluding hydrogens is 178 g/mol. The molecule has 0 radical (unpaired) electrons. The summed E-state index contributed by atoms with van der Waals surface area (Å²) in [6.45, 7) is 3.81. The third kappa shape index (κ3) is 2.99. The van der Waals surface area contributed by atoms with E-state index in [-0.39, 0.29) is 18.4 Å². The number of alkyl halides is 1. The van der Waals surface area contributed by atoms with Gasteiger partial charge in [-0.1, -0.05) is 13.8 Å². The van der Waals surface area contributed by atoms with E-state index in [0.29, 0.717) is 12.8 Å². The second kappa shape index (κ2) is 5.38. The monoisotopic (exact) mass is 193 g/mol. The smallest absolute Gasteiger partial charge is 0.235 e. The maximum Gasteiger partial charge on any atom is 0.235 e. The summed E-state index contributed by atoms with van der Waals surface area (Å²) in [6, 6.07) is 0. The lowest BCUT2D eigenvalue weighted by atomic mass is 9.94. The lowest BCUT2D eigenvalue weighted by Gasteiger charge is -2.30. The second-order valence-corrected chi connectivity index (χ2v) is 3.09. The summed E-state index contributed by atoms with van der Waals surface area (Å²) < 4.78 is 0. The average Bonchev–Trinajstić information content (AvgIpc) is 2.14. The number of aliphatic hydroxyl groups excluding tert-OH is 1. The van der Waals surface area contributed by atoms with E-state index in [1.807, 2.05) is 13.8 Å². The molecule has 0 rings (SSSR count). The summed E-state index contributed by atoms with van der Waals surface area (Å²) in [4.78, 5) is 10.9. The minimum absolute atomic E-state index is 0.0391. The first-order valence-electron chi connectivity index (χ1n) is 4.12. The van der Waals surface area contributed by atoms with Crippen LogP contribution in [-0.2, 0) is 4.79 Å². The molecule has 0 aromatic carbocycles. The Morgan fingerprint density at radius 1 is 1.50 bits per heavy atom. The van der Waals surface area contributed by atoms with E-state index in [9.17, 15) is 4.79 Å². The van der Waals surface area contributed by atoms with Crippen molar-refractivity contribution in [3.63, 3.8) is 0 Å². The number of halogens is 1. The number of hydrogen-bond acceptors (Lipinski definition) is 2. The summed E-state index contributed by atoms with van der Waals surface area (Å²) in [5.41, 5.74) is -0.480. The van der Waals surface area contributed by atoms with E-state index >= 15 is 0 Å². The fourth-order valence-electron chi connectivity index (χ4n) is 1.02. The molecule has 0 fully saturated rings. The third-order valence-electron chi connectivity index (χ3n) is 2.18. The van der Waals surface area contributed by atoms with E-state index in [1.54, 1.807) is 0 Å². The van der Waals surface area contributed by atoms with Crippen LogP contribution in [0.2, 0.25) is 0 Å². The van der Waals surface area contributed by atoms with Gasteiger partial charge in [-0.3, -0.25) is 4.79 Å². The summed E-state index contributed by atoms with van der Waals surface area (Å²) >= 11 is 5.34. The Morgan fingerprint density at radius 3 is 2.25 bits per heavy atom. The highest BCUT2D eigenvalue weighted by atomic mass is 35.5. The highest BCUT2D eigenvalue weighted by Gasteiger charge is 2.26. The largest absolute Gasteiger partial charge is 0.394 e. The summed E-state index contributed by atoms with van der Waals surface area (Å²) in [5, 5.41) is 11.8. The molecule has 0 unspecified atom stereocenters. The number of amides is 1. The predicted molar refractivity (Wildman–Crippen MR) is 49.3 cm³/mol. The summed E-state index contributed by atoms with van der Waals surface area (Å²) in [6.07, 6.45) is 1.42. The van der Waals surface area contributed by atoms with Gasteiger partial charge in [0.2, 0.25) is 5.91 Å². The van der Waals surface area contributed by atoms with Gasteiger partial charge in [0, 0.05) is 0 Å². The molecule has 0 atom stereocenters. The molecule has 0 aromatic heterocycles. The molecule has 0 aliphatic carbocycles. The Morgan fingerprint density at radius 2 is 2.00 bits per heavy atom. The number of aliphatic hydroxyl groups is 1. The minimum Gasteiger partial charge on any atom is -0.394 e. The number of carbonyl (C=O) groups is 1. The molecule has 4 heteroatoms. The fraction of sp³-hybridized carbons (Fsp3) is 0.875. The van der Waals surface area contributed by atoms with Crippen LogP contribution in [0.4, 0.5) is 0 Å². The van der Waals surface area contributed by atoms with Crippen molar-refractivity contribution in [1.29, 1.82) is 0 Å². The van der Waals surface area contributed by atoms with Crippen molar-refractivity contribution < 1.29 is 9.90 Å². The van der Waals surface area contributed by atoms with Crippen molar-refractivity contribution in [2.45, 2.75) is 32.2 Å². The molecule has 72 valence electrons. The Balaban J connectivity index is 4.19. The van der Waals surface area contributed by atoms with Crippen LogP contribution >= 0.6 is 11.6 Å². The van der Waals surface area contributed by atoms with E-state index < -0.39 is 5.54 Å². The van der Waals surface area contributed by atoms with Gasteiger partial charge < -0.3 is 10.4 Å². The third-order valence-corrected chi connectivity index (χ3v) is 2.42. The highest BCUT2D eigenvalue weighted by Crippen LogP contribution is 2.13. The quantitative estimate of drug-likeness (QED) is 0.638. The van der Waals surface area contributed by atoms with Crippen LogP contribution in [-0.4, -0.2) is 29.0 Å². The molecule has 0 aliphatic rings. The Labute approximate surface area is 78.1 Å². The van der Waals surface area contributed by atoms with Gasteiger partial charge in [0.15, 0.2) is 0 Å². The topological polar surface area (TPSA) is 49.3 Å². The first kappa shape index (κ1) is 11.7. The maximum atomic E-state index is 10.9. The van der Waals surface area contributed by atoms with E-state index in [0.717, 1.165) is 0 Å². The molecule has 0 aliphatic heterocycles. The lowest BCUT2D eigenvalue weighted by Crippen LogP contribution is -2.50. The zero-order chi connectivity index (χ0) is 9.61. The molecule has 0 saturated heterocycles. The number of carbonyl (C=O) groups excluding carboxylic acids is 1. The zero-order valence-electron chi connectivity index (χ0n) is 7.56. The van der Waals surface area contributed by atoms with Crippen molar-refractivity contribution in [2.24, 2.45) is 0 Å². The molecule has 0 aromatic rings. The van der Waals surface area contributed by atoms with Crippen LogP contribution in [0.5, 0.6) is 0 Å². The van der Waals surface area contributed by atoms with Gasteiger partial charge in [-0.15, -0.1) is 11.6 Å². The normalized spacial score (nSPS) is 11.3. The van der Waals surface area contributed by atoms with Crippen LogP contribution in [0.3, 0.4) is 0 Å². The minimum atomic E-state index is -0.480. The first-order valence-corrected chi connectivity index (χ1v) is 4.65. The second-order valence-electron chi connectivity index (χ2n) is 2.83. The highest BCUT2D eigenvalue weighted by molar-refractivity contribution is 6.27. The van der Waals surface area contributed by atoms with Crippen molar-refractivity contribution in [3.8, 4) is 0 Å². The molecule has 0 spiro atoms. The van der Waals surface area contributed by atoms with E-state index in [1.165, 1.54) is 0 Å². The number of nitrogens with one attached hydrogen (secondary N) is 1. The van der Waals surface area contributed by atoms with Gasteiger partial charge in [0.05, 0.1) is 12.1 Å². The molecule has 2 N–H and O–H groups in total. The van der Waals surface area contributed by atoms with Gasteiger partial charge in [-0.05, 0) is 12.8 Å². The number of hydrogen-bond donors (Lipinski definition) is 2. The zero-order valence-corrected chi connectivity index (χ0v) is 8.32. The van der Waals surface area contributed by atoms with E-state index in [4.69, 9.17) is 16.7 Å². The Kier molecular flexibility index (Phi) is 5.25.